The summed E-state index contributed by atoms with van der Waals surface area (Å²) >= 11 is 0. The van der Waals surface area contributed by atoms with Gasteiger partial charge in [-0.1, -0.05) is 6.92 Å². The zero-order valence-corrected chi connectivity index (χ0v) is 7.16. The van der Waals surface area contributed by atoms with Gasteiger partial charge in [-0.05, 0) is 18.4 Å². The second-order valence-corrected chi connectivity index (χ2v) is 3.83. The maximum absolute atomic E-state index is 5.73. The van der Waals surface area contributed by atoms with Gasteiger partial charge in [0.25, 0.3) is 0 Å². The quantitative estimate of drug-likeness (QED) is 0.530. The van der Waals surface area contributed by atoms with Gasteiger partial charge >= 0.3 is 0 Å². The molecule has 1 unspecified atom stereocenters. The van der Waals surface area contributed by atoms with E-state index >= 15 is 0 Å². The van der Waals surface area contributed by atoms with Crippen LogP contribution < -0.4 is 5.84 Å². The first-order chi connectivity index (χ1) is 5.29. The molecule has 2 N–H and O–H groups in total. The lowest BCUT2D eigenvalue weighted by Gasteiger charge is -2.15. The number of fused-ring (bicyclic) bond motifs is 1. The van der Waals surface area contributed by atoms with Crippen molar-refractivity contribution in [3.8, 4) is 0 Å². The van der Waals surface area contributed by atoms with Crippen LogP contribution in [0.15, 0.2) is 0 Å². The molecule has 2 aliphatic heterocycles. The second-order valence-electron chi connectivity index (χ2n) is 3.83. The van der Waals surface area contributed by atoms with E-state index in [-0.39, 0.29) is 0 Å². The molecule has 0 spiro atoms. The highest BCUT2D eigenvalue weighted by molar-refractivity contribution is 4.90. The third-order valence-electron chi connectivity index (χ3n) is 3.04. The molecule has 0 aromatic carbocycles. The van der Waals surface area contributed by atoms with Crippen molar-refractivity contribution in [1.29, 1.82) is 0 Å². The summed E-state index contributed by atoms with van der Waals surface area (Å²) in [5.74, 6) is 7.45. The summed E-state index contributed by atoms with van der Waals surface area (Å²) in [6.07, 6.45) is 0. The molecule has 0 radical (unpaired) electrons. The lowest BCUT2D eigenvalue weighted by Crippen LogP contribution is -2.33. The van der Waals surface area contributed by atoms with Crippen molar-refractivity contribution in [3.05, 3.63) is 0 Å². The van der Waals surface area contributed by atoms with Crippen molar-refractivity contribution in [3.63, 3.8) is 0 Å². The fourth-order valence-electron chi connectivity index (χ4n) is 2.38. The largest absolute Gasteiger partial charge is 0.303 e. The van der Waals surface area contributed by atoms with Gasteiger partial charge in [0.15, 0.2) is 0 Å². The molecule has 0 amide bonds. The summed E-state index contributed by atoms with van der Waals surface area (Å²) in [5.41, 5.74) is 0. The van der Waals surface area contributed by atoms with Crippen molar-refractivity contribution in [1.82, 2.24) is 9.91 Å². The van der Waals surface area contributed by atoms with Gasteiger partial charge in [0.05, 0.1) is 0 Å². The Bertz CT molecular complexity index is 134. The van der Waals surface area contributed by atoms with E-state index < -0.39 is 0 Å². The summed E-state index contributed by atoms with van der Waals surface area (Å²) in [4.78, 5) is 2.53. The minimum atomic E-state index is 0.861. The van der Waals surface area contributed by atoms with Gasteiger partial charge < -0.3 is 4.90 Å². The predicted octanol–water partition coefficient (Wildman–Crippen LogP) is -0.256. The minimum absolute atomic E-state index is 0.861. The number of hydrogen-bond acceptors (Lipinski definition) is 3. The van der Waals surface area contributed by atoms with Gasteiger partial charge in [0.2, 0.25) is 0 Å². The van der Waals surface area contributed by atoms with Gasteiger partial charge in [0.1, 0.15) is 0 Å². The molecule has 2 aliphatic rings. The average molecular weight is 155 g/mol. The van der Waals surface area contributed by atoms with Crippen molar-refractivity contribution >= 4 is 0 Å². The first kappa shape index (κ1) is 7.53. The molecular formula is C8H17N3. The maximum atomic E-state index is 5.73. The van der Waals surface area contributed by atoms with Gasteiger partial charge in [-0.25, -0.2) is 5.01 Å². The van der Waals surface area contributed by atoms with E-state index in [4.69, 9.17) is 5.84 Å². The molecule has 0 bridgehead atoms. The molecular weight excluding hydrogens is 138 g/mol. The molecule has 2 rings (SSSR count). The molecule has 2 saturated heterocycles. The van der Waals surface area contributed by atoms with Crippen molar-refractivity contribution in [2.75, 3.05) is 32.7 Å². The fraction of sp³-hybridized carbons (Fsp3) is 1.00. The van der Waals surface area contributed by atoms with Crippen LogP contribution in [0.25, 0.3) is 0 Å². The molecule has 2 atom stereocenters. The lowest BCUT2D eigenvalue weighted by atomic mass is 10.0. The highest BCUT2D eigenvalue weighted by Gasteiger charge is 2.38. The zero-order valence-electron chi connectivity index (χ0n) is 7.16. The highest BCUT2D eigenvalue weighted by Crippen LogP contribution is 2.28. The Morgan fingerprint density at radius 3 is 2.18 bits per heavy atom. The molecule has 3 nitrogen and oxygen atoms in total. The lowest BCUT2D eigenvalue weighted by molar-refractivity contribution is 0.267. The Kier molecular flexibility index (Phi) is 1.87. The molecule has 64 valence electrons. The molecule has 0 aromatic heterocycles. The van der Waals surface area contributed by atoms with E-state index in [1.807, 2.05) is 5.01 Å². The fourth-order valence-corrected chi connectivity index (χ4v) is 2.38. The van der Waals surface area contributed by atoms with Crippen LogP contribution in [-0.4, -0.2) is 42.6 Å². The van der Waals surface area contributed by atoms with Gasteiger partial charge in [-0.3, -0.25) is 5.84 Å². The molecule has 2 heterocycles. The van der Waals surface area contributed by atoms with E-state index in [1.165, 1.54) is 19.6 Å². The Morgan fingerprint density at radius 2 is 1.73 bits per heavy atom. The van der Waals surface area contributed by atoms with E-state index in [0.717, 1.165) is 24.9 Å². The normalized spacial score (nSPS) is 39.8. The topological polar surface area (TPSA) is 32.5 Å². The van der Waals surface area contributed by atoms with Crippen LogP contribution in [0.5, 0.6) is 0 Å². The maximum Gasteiger partial charge on any atom is 0.0172 e. The molecule has 11 heavy (non-hydrogen) atoms. The highest BCUT2D eigenvalue weighted by atomic mass is 15.4. The van der Waals surface area contributed by atoms with Gasteiger partial charge in [-0.15, -0.1) is 0 Å². The minimum Gasteiger partial charge on any atom is -0.303 e. The smallest absolute Gasteiger partial charge is 0.0172 e. The number of nitrogens with zero attached hydrogens (tertiary/aromatic N) is 2. The van der Waals surface area contributed by atoms with Crippen LogP contribution in [0.2, 0.25) is 0 Å². The first-order valence-corrected chi connectivity index (χ1v) is 4.51. The van der Waals surface area contributed by atoms with Crippen LogP contribution in [0, 0.1) is 11.8 Å². The van der Waals surface area contributed by atoms with Crippen LogP contribution in [-0.2, 0) is 0 Å². The molecule has 3 heteroatoms. The Balaban J connectivity index is 1.93. The van der Waals surface area contributed by atoms with Crippen LogP contribution >= 0.6 is 0 Å². The SMILES string of the molecule is CCN1CC2CN(N)C[C@@H]2C1. The summed E-state index contributed by atoms with van der Waals surface area (Å²) < 4.78 is 0. The molecule has 0 aliphatic carbocycles. The average Bonchev–Trinajstić information content (AvgIpc) is 2.43. The summed E-state index contributed by atoms with van der Waals surface area (Å²) in [7, 11) is 0. The van der Waals surface area contributed by atoms with E-state index in [2.05, 4.69) is 11.8 Å². The summed E-state index contributed by atoms with van der Waals surface area (Å²) in [5, 5.41) is 1.97. The summed E-state index contributed by atoms with van der Waals surface area (Å²) in [6, 6.07) is 0. The Hall–Kier alpha value is -0.120. The second kappa shape index (κ2) is 2.73. The standard InChI is InChI=1S/C8H17N3/c1-2-10-3-7-5-11(9)6-8(7)4-10/h7-8H,2-6,9H2,1H3/t7-,8?/m0/s1. The number of likely N-dealkylation sites (tertiary alicyclic amines) is 1. The van der Waals surface area contributed by atoms with Crippen LogP contribution in [0.1, 0.15) is 6.92 Å². The van der Waals surface area contributed by atoms with Crippen molar-refractivity contribution < 1.29 is 0 Å². The number of hydrogen-bond donors (Lipinski definition) is 1. The predicted molar refractivity (Wildman–Crippen MR) is 44.9 cm³/mol. The monoisotopic (exact) mass is 155 g/mol. The molecule has 0 aromatic rings. The zero-order chi connectivity index (χ0) is 7.84. The van der Waals surface area contributed by atoms with E-state index in [9.17, 15) is 0 Å². The van der Waals surface area contributed by atoms with Gasteiger partial charge in [0, 0.05) is 26.2 Å². The Morgan fingerprint density at radius 1 is 1.18 bits per heavy atom. The Labute approximate surface area is 68.1 Å². The van der Waals surface area contributed by atoms with E-state index in [0.29, 0.717) is 0 Å². The number of nitrogens with two attached hydrogens (primary N) is 1. The first-order valence-electron chi connectivity index (χ1n) is 4.51. The number of hydrazine groups is 1. The molecule has 2 fully saturated rings. The summed E-state index contributed by atoms with van der Waals surface area (Å²) in [6.45, 7) is 8.21. The van der Waals surface area contributed by atoms with Crippen molar-refractivity contribution in [2.24, 2.45) is 17.7 Å². The van der Waals surface area contributed by atoms with Gasteiger partial charge in [-0.2, -0.15) is 0 Å². The van der Waals surface area contributed by atoms with Crippen LogP contribution in [0.4, 0.5) is 0 Å². The third-order valence-corrected chi connectivity index (χ3v) is 3.04. The molecule has 0 saturated carbocycles. The van der Waals surface area contributed by atoms with E-state index in [1.54, 1.807) is 0 Å². The van der Waals surface area contributed by atoms with Crippen molar-refractivity contribution in [2.45, 2.75) is 6.92 Å². The third kappa shape index (κ3) is 1.28. The van der Waals surface area contributed by atoms with Crippen LogP contribution in [0.3, 0.4) is 0 Å². The number of rotatable bonds is 1.